The second-order valence-corrected chi connectivity index (χ2v) is 6.20. The molecule has 1 heterocycles. The summed E-state index contributed by atoms with van der Waals surface area (Å²) < 4.78 is 5.27. The number of nitrogens with one attached hydrogen (secondary N) is 3. The number of anilines is 2. The van der Waals surface area contributed by atoms with Crippen molar-refractivity contribution in [3.63, 3.8) is 0 Å². The standard InChI is InChI=1S/C16H22ClN3O3/c1-11(21)19-14-4-3-12(9-13(14)17)20-15(22)16(10-23-2)5-7-18-8-6-16/h3-4,9,18H,5-8,10H2,1-2H3,(H,19,21)(H,20,22). The van der Waals surface area contributed by atoms with Gasteiger partial charge < -0.3 is 20.7 Å². The number of methoxy groups -OCH3 is 1. The molecule has 0 aliphatic carbocycles. The Morgan fingerprint density at radius 3 is 2.57 bits per heavy atom. The van der Waals surface area contributed by atoms with Crippen LogP contribution in [0.5, 0.6) is 0 Å². The zero-order chi connectivity index (χ0) is 16.9. The van der Waals surface area contributed by atoms with Gasteiger partial charge >= 0.3 is 0 Å². The first-order chi connectivity index (χ1) is 11.0. The maximum absolute atomic E-state index is 12.7. The van der Waals surface area contributed by atoms with Crippen molar-refractivity contribution >= 4 is 34.8 Å². The summed E-state index contributed by atoms with van der Waals surface area (Å²) in [7, 11) is 1.61. The van der Waals surface area contributed by atoms with Gasteiger partial charge in [-0.2, -0.15) is 0 Å². The summed E-state index contributed by atoms with van der Waals surface area (Å²) in [5, 5.41) is 9.18. The number of carbonyl (C=O) groups is 2. The molecule has 1 aromatic carbocycles. The number of benzene rings is 1. The molecule has 23 heavy (non-hydrogen) atoms. The van der Waals surface area contributed by atoms with Gasteiger partial charge in [0.05, 0.1) is 22.7 Å². The molecule has 1 aliphatic heterocycles. The lowest BCUT2D eigenvalue weighted by Gasteiger charge is -2.35. The summed E-state index contributed by atoms with van der Waals surface area (Å²) in [6.07, 6.45) is 1.45. The molecule has 0 bridgehead atoms. The van der Waals surface area contributed by atoms with E-state index in [4.69, 9.17) is 16.3 Å². The lowest BCUT2D eigenvalue weighted by atomic mass is 9.78. The van der Waals surface area contributed by atoms with E-state index in [1.807, 2.05) is 0 Å². The number of amides is 2. The van der Waals surface area contributed by atoms with Crippen molar-refractivity contribution < 1.29 is 14.3 Å². The maximum atomic E-state index is 12.7. The van der Waals surface area contributed by atoms with E-state index < -0.39 is 5.41 Å². The van der Waals surface area contributed by atoms with E-state index in [1.54, 1.807) is 25.3 Å². The van der Waals surface area contributed by atoms with Crippen molar-refractivity contribution in [2.24, 2.45) is 5.41 Å². The molecule has 0 saturated carbocycles. The minimum absolute atomic E-state index is 0.0656. The fourth-order valence-corrected chi connectivity index (χ4v) is 2.99. The molecule has 1 aliphatic rings. The van der Waals surface area contributed by atoms with Gasteiger partial charge in [0.2, 0.25) is 11.8 Å². The Balaban J connectivity index is 2.12. The Labute approximate surface area is 140 Å². The number of hydrogen-bond donors (Lipinski definition) is 3. The van der Waals surface area contributed by atoms with Crippen LogP contribution in [0.2, 0.25) is 5.02 Å². The van der Waals surface area contributed by atoms with Gasteiger partial charge in [0.15, 0.2) is 0 Å². The van der Waals surface area contributed by atoms with E-state index in [9.17, 15) is 9.59 Å². The Kier molecular flexibility index (Phi) is 5.98. The number of piperidine rings is 1. The van der Waals surface area contributed by atoms with Crippen LogP contribution in [0.15, 0.2) is 18.2 Å². The Morgan fingerprint density at radius 2 is 2.00 bits per heavy atom. The highest BCUT2D eigenvalue weighted by atomic mass is 35.5. The van der Waals surface area contributed by atoms with Crippen molar-refractivity contribution in [3.05, 3.63) is 23.2 Å². The van der Waals surface area contributed by atoms with E-state index in [2.05, 4.69) is 16.0 Å². The number of rotatable bonds is 5. The molecule has 126 valence electrons. The van der Waals surface area contributed by atoms with E-state index in [0.29, 0.717) is 23.0 Å². The molecule has 3 N–H and O–H groups in total. The molecule has 7 heteroatoms. The van der Waals surface area contributed by atoms with Crippen molar-refractivity contribution in [1.29, 1.82) is 0 Å². The second kappa shape index (κ2) is 7.77. The predicted octanol–water partition coefficient (Wildman–Crippen LogP) is 2.25. The minimum atomic E-state index is -0.525. The minimum Gasteiger partial charge on any atom is -0.384 e. The molecule has 0 radical (unpaired) electrons. The Bertz CT molecular complexity index is 580. The molecule has 1 saturated heterocycles. The van der Waals surface area contributed by atoms with Crippen LogP contribution in [0, 0.1) is 5.41 Å². The van der Waals surface area contributed by atoms with Crippen LogP contribution in [0.3, 0.4) is 0 Å². The van der Waals surface area contributed by atoms with Gasteiger partial charge in [-0.05, 0) is 44.1 Å². The first kappa shape index (κ1) is 17.7. The zero-order valence-corrected chi connectivity index (χ0v) is 14.1. The van der Waals surface area contributed by atoms with Crippen LogP contribution in [0.4, 0.5) is 11.4 Å². The van der Waals surface area contributed by atoms with E-state index in [0.717, 1.165) is 25.9 Å². The molecular weight excluding hydrogens is 318 g/mol. The number of hydrogen-bond acceptors (Lipinski definition) is 4. The molecule has 2 rings (SSSR count). The lowest BCUT2D eigenvalue weighted by Crippen LogP contribution is -2.47. The van der Waals surface area contributed by atoms with E-state index in [-0.39, 0.29) is 11.8 Å². The van der Waals surface area contributed by atoms with Crippen LogP contribution in [-0.4, -0.2) is 38.6 Å². The first-order valence-electron chi connectivity index (χ1n) is 7.55. The largest absolute Gasteiger partial charge is 0.384 e. The van der Waals surface area contributed by atoms with Crippen molar-refractivity contribution in [2.75, 3.05) is 37.4 Å². The highest BCUT2D eigenvalue weighted by Gasteiger charge is 2.39. The smallest absolute Gasteiger partial charge is 0.233 e. The first-order valence-corrected chi connectivity index (χ1v) is 7.93. The van der Waals surface area contributed by atoms with Crippen LogP contribution in [0.1, 0.15) is 19.8 Å². The number of ether oxygens (including phenoxy) is 1. The number of carbonyl (C=O) groups excluding carboxylic acids is 2. The molecule has 0 atom stereocenters. The highest BCUT2D eigenvalue weighted by Crippen LogP contribution is 2.32. The van der Waals surface area contributed by atoms with Crippen molar-refractivity contribution in [3.8, 4) is 0 Å². The summed E-state index contributed by atoms with van der Waals surface area (Å²) in [4.78, 5) is 23.8. The summed E-state index contributed by atoms with van der Waals surface area (Å²) >= 11 is 6.14. The topological polar surface area (TPSA) is 79.5 Å². The van der Waals surface area contributed by atoms with Gasteiger partial charge in [-0.3, -0.25) is 9.59 Å². The maximum Gasteiger partial charge on any atom is 0.233 e. The van der Waals surface area contributed by atoms with E-state index >= 15 is 0 Å². The van der Waals surface area contributed by atoms with Gasteiger partial charge in [0.1, 0.15) is 0 Å². The van der Waals surface area contributed by atoms with Crippen LogP contribution in [0.25, 0.3) is 0 Å². The van der Waals surface area contributed by atoms with Gasteiger partial charge in [0.25, 0.3) is 0 Å². The summed E-state index contributed by atoms with van der Waals surface area (Å²) in [6, 6.07) is 5.02. The monoisotopic (exact) mass is 339 g/mol. The van der Waals surface area contributed by atoms with Crippen LogP contribution >= 0.6 is 11.6 Å². The normalized spacial score (nSPS) is 16.7. The predicted molar refractivity (Wildman–Crippen MR) is 90.8 cm³/mol. The number of halogens is 1. The third-order valence-electron chi connectivity index (χ3n) is 4.00. The molecule has 0 unspecified atom stereocenters. The zero-order valence-electron chi connectivity index (χ0n) is 13.4. The summed E-state index contributed by atoms with van der Waals surface area (Å²) in [5.74, 6) is -0.262. The van der Waals surface area contributed by atoms with Gasteiger partial charge in [-0.15, -0.1) is 0 Å². The van der Waals surface area contributed by atoms with Crippen LogP contribution in [-0.2, 0) is 14.3 Å². The second-order valence-electron chi connectivity index (χ2n) is 5.79. The third kappa shape index (κ3) is 4.43. The molecule has 6 nitrogen and oxygen atoms in total. The van der Waals surface area contributed by atoms with Crippen molar-refractivity contribution in [2.45, 2.75) is 19.8 Å². The van der Waals surface area contributed by atoms with Crippen LogP contribution < -0.4 is 16.0 Å². The molecule has 0 aromatic heterocycles. The fourth-order valence-electron chi connectivity index (χ4n) is 2.77. The molecule has 1 aromatic rings. The molecule has 1 fully saturated rings. The lowest BCUT2D eigenvalue weighted by molar-refractivity contribution is -0.130. The van der Waals surface area contributed by atoms with Crippen molar-refractivity contribution in [1.82, 2.24) is 5.32 Å². The highest BCUT2D eigenvalue weighted by molar-refractivity contribution is 6.34. The average molecular weight is 340 g/mol. The SMILES string of the molecule is COCC1(C(=O)Nc2ccc(NC(C)=O)c(Cl)c2)CCNCC1. The molecular formula is C16H22ClN3O3. The fraction of sp³-hybridized carbons (Fsp3) is 0.500. The summed E-state index contributed by atoms with van der Waals surface area (Å²) in [5.41, 5.74) is 0.594. The summed E-state index contributed by atoms with van der Waals surface area (Å²) in [6.45, 7) is 3.38. The van der Waals surface area contributed by atoms with Gasteiger partial charge in [0, 0.05) is 19.7 Å². The third-order valence-corrected chi connectivity index (χ3v) is 4.31. The van der Waals surface area contributed by atoms with Gasteiger partial charge in [-0.1, -0.05) is 11.6 Å². The Hall–Kier alpha value is -1.63. The quantitative estimate of drug-likeness (QED) is 0.768. The average Bonchev–Trinajstić information content (AvgIpc) is 2.51. The van der Waals surface area contributed by atoms with Gasteiger partial charge in [-0.25, -0.2) is 0 Å². The molecule has 2 amide bonds. The molecule has 0 spiro atoms. The van der Waals surface area contributed by atoms with E-state index in [1.165, 1.54) is 6.92 Å². The Morgan fingerprint density at radius 1 is 1.30 bits per heavy atom.